The molecule has 0 bridgehead atoms. The predicted molar refractivity (Wildman–Crippen MR) is 105 cm³/mol. The molecule has 7 nitrogen and oxygen atoms in total. The molecule has 0 aliphatic carbocycles. The van der Waals surface area contributed by atoms with Gasteiger partial charge in [0, 0.05) is 42.7 Å². The van der Waals surface area contributed by atoms with Gasteiger partial charge in [-0.1, -0.05) is 11.6 Å². The number of ether oxygens (including phenoxy) is 2. The summed E-state index contributed by atoms with van der Waals surface area (Å²) in [4.78, 5) is 22.2. The number of rotatable bonds is 5. The lowest BCUT2D eigenvalue weighted by Crippen LogP contribution is -2.35. The Bertz CT molecular complexity index is 1050. The van der Waals surface area contributed by atoms with Crippen molar-refractivity contribution >= 4 is 11.6 Å². The second-order valence-corrected chi connectivity index (χ2v) is 7.01. The Hall–Kier alpha value is -2.77. The Morgan fingerprint density at radius 2 is 2.18 bits per heavy atom. The second-order valence-electron chi connectivity index (χ2n) is 6.58. The summed E-state index contributed by atoms with van der Waals surface area (Å²) < 4.78 is 16.2. The van der Waals surface area contributed by atoms with Gasteiger partial charge in [0.1, 0.15) is 0 Å². The Labute approximate surface area is 166 Å². The highest BCUT2D eigenvalue weighted by atomic mass is 35.5. The minimum atomic E-state index is -0.142. The van der Waals surface area contributed by atoms with Gasteiger partial charge in [-0.3, -0.25) is 9.69 Å². The summed E-state index contributed by atoms with van der Waals surface area (Å²) in [6.45, 7) is 1.84. The number of fused-ring (bicyclic) bond motifs is 1. The van der Waals surface area contributed by atoms with E-state index in [0.29, 0.717) is 53.2 Å². The van der Waals surface area contributed by atoms with Crippen LogP contribution in [0.25, 0.3) is 11.6 Å². The van der Waals surface area contributed by atoms with Gasteiger partial charge in [0.05, 0.1) is 31.7 Å². The largest absolute Gasteiger partial charge is 0.493 e. The van der Waals surface area contributed by atoms with Gasteiger partial charge < -0.3 is 18.9 Å². The van der Waals surface area contributed by atoms with Crippen molar-refractivity contribution in [2.24, 2.45) is 0 Å². The molecule has 3 heterocycles. The first-order chi connectivity index (χ1) is 13.6. The lowest BCUT2D eigenvalue weighted by Gasteiger charge is -2.28. The van der Waals surface area contributed by atoms with E-state index in [1.165, 1.54) is 0 Å². The third kappa shape index (κ3) is 3.50. The fourth-order valence-corrected chi connectivity index (χ4v) is 3.74. The van der Waals surface area contributed by atoms with Crippen molar-refractivity contribution < 1.29 is 13.9 Å². The van der Waals surface area contributed by atoms with Crippen molar-refractivity contribution in [3.63, 3.8) is 0 Å². The Morgan fingerprint density at radius 3 is 2.89 bits per heavy atom. The molecule has 0 unspecified atom stereocenters. The molecule has 0 radical (unpaired) electrons. The van der Waals surface area contributed by atoms with Crippen LogP contribution < -0.4 is 15.0 Å². The summed E-state index contributed by atoms with van der Waals surface area (Å²) in [6, 6.07) is 7.13. The van der Waals surface area contributed by atoms with Crippen molar-refractivity contribution in [2.45, 2.75) is 19.5 Å². The van der Waals surface area contributed by atoms with Crippen LogP contribution in [0.1, 0.15) is 16.8 Å². The maximum Gasteiger partial charge on any atom is 0.256 e. The van der Waals surface area contributed by atoms with Crippen LogP contribution in [0, 0.1) is 0 Å². The standard InChI is InChI=1S/C20H20ClN3O4/c1-26-17-9-13(21)8-12(18(17)27-2)10-24-6-5-15-14(11-24)20(25)23-19(22-15)16-4-3-7-28-16/h3-4,7-9H,5-6,10-11H2,1-2H3,(H,22,23,25). The molecule has 1 aliphatic rings. The molecule has 2 aromatic heterocycles. The van der Waals surface area contributed by atoms with E-state index in [1.54, 1.807) is 38.7 Å². The molecule has 146 valence electrons. The molecule has 0 saturated heterocycles. The first-order valence-corrected chi connectivity index (χ1v) is 9.25. The van der Waals surface area contributed by atoms with Crippen molar-refractivity contribution in [3.8, 4) is 23.1 Å². The fraction of sp³-hybridized carbons (Fsp3) is 0.300. The van der Waals surface area contributed by atoms with Crippen LogP contribution in [0.4, 0.5) is 0 Å². The minimum absolute atomic E-state index is 0.142. The molecule has 3 aromatic rings. The normalized spacial score (nSPS) is 14.0. The molecule has 1 N–H and O–H groups in total. The quantitative estimate of drug-likeness (QED) is 0.706. The zero-order valence-corrected chi connectivity index (χ0v) is 16.4. The first-order valence-electron chi connectivity index (χ1n) is 8.87. The summed E-state index contributed by atoms with van der Waals surface area (Å²) in [5.74, 6) is 2.25. The molecule has 0 atom stereocenters. The zero-order chi connectivity index (χ0) is 19.7. The number of hydrogen-bond donors (Lipinski definition) is 1. The smallest absolute Gasteiger partial charge is 0.256 e. The van der Waals surface area contributed by atoms with Crippen LogP contribution in [0.15, 0.2) is 39.7 Å². The second kappa shape index (κ2) is 7.69. The fourth-order valence-electron chi connectivity index (χ4n) is 3.51. The molecule has 0 fully saturated rings. The van der Waals surface area contributed by atoms with Crippen molar-refractivity contribution in [1.29, 1.82) is 0 Å². The van der Waals surface area contributed by atoms with Gasteiger partial charge in [-0.15, -0.1) is 0 Å². The summed E-state index contributed by atoms with van der Waals surface area (Å²) in [5.41, 5.74) is 2.25. The molecular weight excluding hydrogens is 382 g/mol. The topological polar surface area (TPSA) is 80.6 Å². The third-order valence-electron chi connectivity index (χ3n) is 4.82. The molecule has 0 saturated carbocycles. The molecule has 4 rings (SSSR count). The van der Waals surface area contributed by atoms with Crippen molar-refractivity contribution in [2.75, 3.05) is 20.8 Å². The van der Waals surface area contributed by atoms with Crippen LogP contribution >= 0.6 is 11.6 Å². The average Bonchev–Trinajstić information content (AvgIpc) is 3.22. The molecule has 1 aliphatic heterocycles. The summed E-state index contributed by atoms with van der Waals surface area (Å²) in [7, 11) is 3.18. The van der Waals surface area contributed by atoms with E-state index in [-0.39, 0.29) is 5.56 Å². The summed E-state index contributed by atoms with van der Waals surface area (Å²) in [6.07, 6.45) is 2.23. The number of nitrogens with one attached hydrogen (secondary N) is 1. The van der Waals surface area contributed by atoms with Crippen molar-refractivity contribution in [1.82, 2.24) is 14.9 Å². The number of hydrogen-bond acceptors (Lipinski definition) is 6. The van der Waals surface area contributed by atoms with Gasteiger partial charge in [-0.2, -0.15) is 0 Å². The van der Waals surface area contributed by atoms with Crippen LogP contribution in [-0.4, -0.2) is 35.6 Å². The predicted octanol–water partition coefficient (Wildman–Crippen LogP) is 3.26. The Kier molecular flexibility index (Phi) is 5.11. The number of H-pyrrole nitrogens is 1. The Balaban J connectivity index is 1.60. The lowest BCUT2D eigenvalue weighted by molar-refractivity contribution is 0.237. The molecule has 1 aromatic carbocycles. The van der Waals surface area contributed by atoms with Gasteiger partial charge >= 0.3 is 0 Å². The van der Waals surface area contributed by atoms with E-state index in [0.717, 1.165) is 17.8 Å². The molecule has 28 heavy (non-hydrogen) atoms. The number of aromatic amines is 1. The van der Waals surface area contributed by atoms with Crippen LogP contribution in [0.3, 0.4) is 0 Å². The molecular formula is C20H20ClN3O4. The molecule has 0 amide bonds. The number of nitrogens with zero attached hydrogens (tertiary/aromatic N) is 2. The summed E-state index contributed by atoms with van der Waals surface area (Å²) in [5, 5.41) is 0.577. The highest BCUT2D eigenvalue weighted by Gasteiger charge is 2.23. The van der Waals surface area contributed by atoms with Gasteiger partial charge in [0.2, 0.25) is 0 Å². The molecule has 0 spiro atoms. The van der Waals surface area contributed by atoms with Crippen LogP contribution in [0.2, 0.25) is 5.02 Å². The van der Waals surface area contributed by atoms with E-state index in [1.807, 2.05) is 6.07 Å². The number of furan rings is 1. The number of halogens is 1. The van der Waals surface area contributed by atoms with Gasteiger partial charge in [-0.05, 0) is 18.2 Å². The van der Waals surface area contributed by atoms with E-state index >= 15 is 0 Å². The number of methoxy groups -OCH3 is 2. The van der Waals surface area contributed by atoms with E-state index in [9.17, 15) is 4.79 Å². The van der Waals surface area contributed by atoms with E-state index in [2.05, 4.69) is 14.9 Å². The minimum Gasteiger partial charge on any atom is -0.493 e. The van der Waals surface area contributed by atoms with Gasteiger partial charge in [0.25, 0.3) is 5.56 Å². The number of aromatic nitrogens is 2. The lowest BCUT2D eigenvalue weighted by atomic mass is 10.1. The first kappa shape index (κ1) is 18.6. The van der Waals surface area contributed by atoms with Gasteiger partial charge in [0.15, 0.2) is 23.1 Å². The number of benzene rings is 1. The van der Waals surface area contributed by atoms with Crippen LogP contribution in [-0.2, 0) is 19.5 Å². The monoisotopic (exact) mass is 401 g/mol. The van der Waals surface area contributed by atoms with Gasteiger partial charge in [-0.25, -0.2) is 4.98 Å². The third-order valence-corrected chi connectivity index (χ3v) is 5.04. The summed E-state index contributed by atoms with van der Waals surface area (Å²) >= 11 is 6.22. The SMILES string of the molecule is COc1cc(Cl)cc(CN2CCc3nc(-c4ccco4)[nH]c(=O)c3C2)c1OC. The maximum atomic E-state index is 12.6. The average molecular weight is 402 g/mol. The molecule has 8 heteroatoms. The highest BCUT2D eigenvalue weighted by Crippen LogP contribution is 2.35. The zero-order valence-electron chi connectivity index (χ0n) is 15.6. The Morgan fingerprint density at radius 1 is 1.32 bits per heavy atom. The van der Waals surface area contributed by atoms with E-state index in [4.69, 9.17) is 25.5 Å². The highest BCUT2D eigenvalue weighted by molar-refractivity contribution is 6.30. The van der Waals surface area contributed by atoms with E-state index < -0.39 is 0 Å². The maximum absolute atomic E-state index is 12.6. The van der Waals surface area contributed by atoms with Crippen LogP contribution in [0.5, 0.6) is 11.5 Å². The van der Waals surface area contributed by atoms with Crippen molar-refractivity contribution in [3.05, 3.63) is 62.7 Å².